The van der Waals surface area contributed by atoms with E-state index >= 15 is 0 Å². The monoisotopic (exact) mass is 206 g/mol. The SMILES string of the molecule is CC(C)(C)NC(=O)C1CCNC1.Cl. The van der Waals surface area contributed by atoms with Gasteiger partial charge in [-0.1, -0.05) is 0 Å². The van der Waals surface area contributed by atoms with Crippen molar-refractivity contribution < 1.29 is 4.79 Å². The summed E-state index contributed by atoms with van der Waals surface area (Å²) in [5.41, 5.74) is -0.0975. The Labute approximate surface area is 86.1 Å². The van der Waals surface area contributed by atoms with Crippen LogP contribution in [0.4, 0.5) is 0 Å². The van der Waals surface area contributed by atoms with Crippen LogP contribution in [0.2, 0.25) is 0 Å². The molecule has 0 aromatic rings. The van der Waals surface area contributed by atoms with Crippen LogP contribution in [0.15, 0.2) is 0 Å². The summed E-state index contributed by atoms with van der Waals surface area (Å²) in [6.07, 6.45) is 0.974. The number of carbonyl (C=O) groups excluding carboxylic acids is 1. The Bertz CT molecular complexity index is 171. The Hall–Kier alpha value is -0.280. The molecule has 1 rings (SSSR count). The van der Waals surface area contributed by atoms with Gasteiger partial charge in [0.1, 0.15) is 0 Å². The molecule has 1 atom stereocenters. The van der Waals surface area contributed by atoms with Crippen molar-refractivity contribution in [1.82, 2.24) is 10.6 Å². The van der Waals surface area contributed by atoms with Gasteiger partial charge in [0, 0.05) is 12.1 Å². The second-order valence-corrected chi connectivity index (χ2v) is 4.43. The fourth-order valence-electron chi connectivity index (χ4n) is 1.35. The third-order valence-electron chi connectivity index (χ3n) is 1.93. The highest BCUT2D eigenvalue weighted by Gasteiger charge is 2.25. The molecule has 2 N–H and O–H groups in total. The van der Waals surface area contributed by atoms with Crippen molar-refractivity contribution in [2.45, 2.75) is 32.7 Å². The van der Waals surface area contributed by atoms with Gasteiger partial charge in [-0.2, -0.15) is 0 Å². The molecule has 0 aliphatic carbocycles. The van der Waals surface area contributed by atoms with E-state index in [2.05, 4.69) is 10.6 Å². The zero-order valence-corrected chi connectivity index (χ0v) is 9.33. The molecule has 0 aromatic carbocycles. The molecule has 1 aliphatic heterocycles. The lowest BCUT2D eigenvalue weighted by Crippen LogP contribution is -2.44. The Morgan fingerprint density at radius 2 is 2.08 bits per heavy atom. The molecule has 1 amide bonds. The Kier molecular flexibility index (Phi) is 4.71. The highest BCUT2D eigenvalue weighted by atomic mass is 35.5. The highest BCUT2D eigenvalue weighted by molar-refractivity contribution is 5.85. The topological polar surface area (TPSA) is 41.1 Å². The third kappa shape index (κ3) is 4.48. The van der Waals surface area contributed by atoms with Gasteiger partial charge in [0.15, 0.2) is 0 Å². The van der Waals surface area contributed by atoms with Crippen LogP contribution in [0, 0.1) is 5.92 Å². The van der Waals surface area contributed by atoms with E-state index in [-0.39, 0.29) is 29.8 Å². The summed E-state index contributed by atoms with van der Waals surface area (Å²) in [5, 5.41) is 6.16. The van der Waals surface area contributed by atoms with Gasteiger partial charge in [-0.3, -0.25) is 4.79 Å². The van der Waals surface area contributed by atoms with Crippen LogP contribution in [0.5, 0.6) is 0 Å². The molecular formula is C9H19ClN2O. The van der Waals surface area contributed by atoms with Crippen LogP contribution in [0.1, 0.15) is 27.2 Å². The molecule has 0 aromatic heterocycles. The third-order valence-corrected chi connectivity index (χ3v) is 1.93. The quantitative estimate of drug-likeness (QED) is 0.671. The first-order valence-corrected chi connectivity index (χ1v) is 4.52. The molecule has 78 valence electrons. The first-order valence-electron chi connectivity index (χ1n) is 4.52. The maximum atomic E-state index is 11.5. The molecule has 0 saturated carbocycles. The van der Waals surface area contributed by atoms with Gasteiger partial charge >= 0.3 is 0 Å². The van der Waals surface area contributed by atoms with Crippen molar-refractivity contribution in [3.8, 4) is 0 Å². The number of nitrogens with one attached hydrogen (secondary N) is 2. The van der Waals surface area contributed by atoms with Gasteiger partial charge in [0.2, 0.25) is 5.91 Å². The summed E-state index contributed by atoms with van der Waals surface area (Å²) < 4.78 is 0. The van der Waals surface area contributed by atoms with Gasteiger partial charge in [0.25, 0.3) is 0 Å². The molecule has 1 unspecified atom stereocenters. The molecular weight excluding hydrogens is 188 g/mol. The molecule has 13 heavy (non-hydrogen) atoms. The average molecular weight is 207 g/mol. The van der Waals surface area contributed by atoms with Crippen LogP contribution in [-0.4, -0.2) is 24.5 Å². The van der Waals surface area contributed by atoms with E-state index in [1.807, 2.05) is 20.8 Å². The number of hydrogen-bond donors (Lipinski definition) is 2. The summed E-state index contributed by atoms with van der Waals surface area (Å²) in [6.45, 7) is 7.83. The number of rotatable bonds is 1. The number of halogens is 1. The van der Waals surface area contributed by atoms with E-state index in [0.29, 0.717) is 0 Å². The number of amides is 1. The Morgan fingerprint density at radius 1 is 1.46 bits per heavy atom. The molecule has 1 fully saturated rings. The molecule has 0 radical (unpaired) electrons. The van der Waals surface area contributed by atoms with Crippen LogP contribution in [-0.2, 0) is 4.79 Å². The fraction of sp³-hybridized carbons (Fsp3) is 0.889. The number of hydrogen-bond acceptors (Lipinski definition) is 2. The minimum Gasteiger partial charge on any atom is -0.351 e. The minimum absolute atomic E-state index is 0. The molecule has 1 saturated heterocycles. The normalized spacial score (nSPS) is 22.2. The maximum Gasteiger partial charge on any atom is 0.224 e. The highest BCUT2D eigenvalue weighted by Crippen LogP contribution is 2.09. The lowest BCUT2D eigenvalue weighted by molar-refractivity contribution is -0.125. The van der Waals surface area contributed by atoms with E-state index in [4.69, 9.17) is 0 Å². The second kappa shape index (κ2) is 4.82. The van der Waals surface area contributed by atoms with Crippen LogP contribution in [0.3, 0.4) is 0 Å². The van der Waals surface area contributed by atoms with E-state index in [1.54, 1.807) is 0 Å². The first-order chi connectivity index (χ1) is 5.49. The van der Waals surface area contributed by atoms with Crippen LogP contribution < -0.4 is 10.6 Å². The molecule has 3 nitrogen and oxygen atoms in total. The summed E-state index contributed by atoms with van der Waals surface area (Å²) in [4.78, 5) is 11.5. The van der Waals surface area contributed by atoms with Crippen molar-refractivity contribution in [3.05, 3.63) is 0 Å². The predicted molar refractivity (Wildman–Crippen MR) is 56.1 cm³/mol. The second-order valence-electron chi connectivity index (χ2n) is 4.43. The lowest BCUT2D eigenvalue weighted by atomic mass is 10.0. The summed E-state index contributed by atoms with van der Waals surface area (Å²) in [5.74, 6) is 0.372. The standard InChI is InChI=1S/C9H18N2O.ClH/c1-9(2,3)11-8(12)7-4-5-10-6-7;/h7,10H,4-6H2,1-3H3,(H,11,12);1H. The predicted octanol–water partition coefficient (Wildman–Crippen LogP) is 0.932. The van der Waals surface area contributed by atoms with Crippen molar-refractivity contribution in [1.29, 1.82) is 0 Å². The van der Waals surface area contributed by atoms with Gasteiger partial charge in [-0.05, 0) is 33.7 Å². The zero-order chi connectivity index (χ0) is 9.19. The average Bonchev–Trinajstić information content (AvgIpc) is 2.32. The van der Waals surface area contributed by atoms with Gasteiger partial charge in [0.05, 0.1) is 5.92 Å². The van der Waals surface area contributed by atoms with E-state index in [0.717, 1.165) is 19.5 Å². The smallest absolute Gasteiger partial charge is 0.224 e. The largest absolute Gasteiger partial charge is 0.351 e. The van der Waals surface area contributed by atoms with Gasteiger partial charge < -0.3 is 10.6 Å². The van der Waals surface area contributed by atoms with Crippen molar-refractivity contribution >= 4 is 18.3 Å². The fourth-order valence-corrected chi connectivity index (χ4v) is 1.35. The summed E-state index contributed by atoms with van der Waals surface area (Å²) >= 11 is 0. The molecule has 0 bridgehead atoms. The lowest BCUT2D eigenvalue weighted by Gasteiger charge is -2.22. The van der Waals surface area contributed by atoms with E-state index < -0.39 is 0 Å². The summed E-state index contributed by atoms with van der Waals surface area (Å²) in [6, 6.07) is 0. The van der Waals surface area contributed by atoms with Crippen LogP contribution >= 0.6 is 12.4 Å². The summed E-state index contributed by atoms with van der Waals surface area (Å²) in [7, 11) is 0. The number of carbonyl (C=O) groups is 1. The minimum atomic E-state index is -0.0975. The van der Waals surface area contributed by atoms with E-state index in [9.17, 15) is 4.79 Å². The van der Waals surface area contributed by atoms with E-state index in [1.165, 1.54) is 0 Å². The van der Waals surface area contributed by atoms with Gasteiger partial charge in [-0.15, -0.1) is 12.4 Å². The van der Waals surface area contributed by atoms with Gasteiger partial charge in [-0.25, -0.2) is 0 Å². The van der Waals surface area contributed by atoms with Crippen molar-refractivity contribution in [2.75, 3.05) is 13.1 Å². The first kappa shape index (κ1) is 12.7. The Balaban J connectivity index is 0.00000144. The molecule has 4 heteroatoms. The molecule has 1 heterocycles. The zero-order valence-electron chi connectivity index (χ0n) is 8.52. The maximum absolute atomic E-state index is 11.5. The van der Waals surface area contributed by atoms with Crippen molar-refractivity contribution in [2.24, 2.45) is 5.92 Å². The Morgan fingerprint density at radius 3 is 2.46 bits per heavy atom. The van der Waals surface area contributed by atoms with Crippen molar-refractivity contribution in [3.63, 3.8) is 0 Å². The molecule has 1 aliphatic rings. The van der Waals surface area contributed by atoms with Crippen LogP contribution in [0.25, 0.3) is 0 Å². The molecule has 0 spiro atoms.